The van der Waals surface area contributed by atoms with E-state index in [0.717, 1.165) is 0 Å². The van der Waals surface area contributed by atoms with Crippen LogP contribution in [0.4, 0.5) is 0 Å². The van der Waals surface area contributed by atoms with Crippen molar-refractivity contribution in [2.75, 3.05) is 0 Å². The van der Waals surface area contributed by atoms with Gasteiger partial charge >= 0.3 is 0 Å². The van der Waals surface area contributed by atoms with Crippen molar-refractivity contribution in [3.8, 4) is 5.75 Å². The summed E-state index contributed by atoms with van der Waals surface area (Å²) >= 11 is 9.94. The number of hydrogen-bond donors (Lipinski definition) is 1. The van der Waals surface area contributed by atoms with E-state index in [1.807, 2.05) is 0 Å². The van der Waals surface area contributed by atoms with Crippen LogP contribution in [0.25, 0.3) is 0 Å². The normalized spacial score (nSPS) is 12.5. The van der Waals surface area contributed by atoms with E-state index in [1.54, 1.807) is 24.3 Å². The third-order valence-electron chi connectivity index (χ3n) is 0.994. The van der Waals surface area contributed by atoms with Crippen LogP contribution in [0.2, 0.25) is 5.02 Å². The molecule has 0 saturated heterocycles. The van der Waals surface area contributed by atoms with Gasteiger partial charge in [-0.3, -0.25) is 0 Å². The zero-order chi connectivity index (χ0) is 8.27. The SMILES string of the molecule is O=[SH](=S)Oc1ccc(Cl)cc1. The summed E-state index contributed by atoms with van der Waals surface area (Å²) in [4.78, 5) is 0. The van der Waals surface area contributed by atoms with Crippen molar-refractivity contribution in [3.05, 3.63) is 29.3 Å². The van der Waals surface area contributed by atoms with Crippen molar-refractivity contribution in [2.24, 2.45) is 0 Å². The lowest BCUT2D eigenvalue weighted by Crippen LogP contribution is -1.87. The number of benzene rings is 1. The summed E-state index contributed by atoms with van der Waals surface area (Å²) in [6.07, 6.45) is 0. The molecule has 0 bridgehead atoms. The van der Waals surface area contributed by atoms with Gasteiger partial charge in [-0.05, 0) is 24.3 Å². The first-order valence-corrected chi connectivity index (χ1v) is 5.33. The first kappa shape index (κ1) is 8.77. The van der Waals surface area contributed by atoms with E-state index in [0.29, 0.717) is 10.8 Å². The Morgan fingerprint density at radius 3 is 2.36 bits per heavy atom. The lowest BCUT2D eigenvalue weighted by Gasteiger charge is -1.96. The molecular formula is C6H5ClO2S2. The molecule has 0 aliphatic heterocycles. The standard InChI is InChI=1S/C6H5ClO2S2/c7-5-1-3-6(4-2-5)9-11(8)10/h1-4,11H. The molecule has 60 valence electrons. The van der Waals surface area contributed by atoms with Gasteiger partial charge in [0.15, 0.2) is 9.64 Å². The van der Waals surface area contributed by atoms with Crippen molar-refractivity contribution in [3.63, 3.8) is 0 Å². The molecule has 1 unspecified atom stereocenters. The van der Waals surface area contributed by atoms with Gasteiger partial charge in [0, 0.05) is 16.2 Å². The van der Waals surface area contributed by atoms with Gasteiger partial charge < -0.3 is 4.18 Å². The van der Waals surface area contributed by atoms with E-state index in [9.17, 15) is 4.21 Å². The maximum atomic E-state index is 10.4. The summed E-state index contributed by atoms with van der Waals surface area (Å²) in [5.74, 6) is 0.477. The zero-order valence-electron chi connectivity index (χ0n) is 5.36. The van der Waals surface area contributed by atoms with Gasteiger partial charge in [0.1, 0.15) is 5.75 Å². The monoisotopic (exact) mass is 208 g/mol. The first-order valence-electron chi connectivity index (χ1n) is 2.76. The van der Waals surface area contributed by atoms with Gasteiger partial charge in [-0.15, -0.1) is 0 Å². The third-order valence-corrected chi connectivity index (χ3v) is 1.83. The topological polar surface area (TPSA) is 26.3 Å². The zero-order valence-corrected chi connectivity index (χ0v) is 7.83. The van der Waals surface area contributed by atoms with Crippen LogP contribution in [0.3, 0.4) is 0 Å². The number of thiol groups is 1. The highest BCUT2D eigenvalue weighted by atomic mass is 35.5. The van der Waals surface area contributed by atoms with Gasteiger partial charge in [-0.1, -0.05) is 11.6 Å². The molecule has 0 amide bonds. The molecule has 0 aromatic heterocycles. The molecule has 1 rings (SSSR count). The Hall–Kier alpha value is -0.320. The van der Waals surface area contributed by atoms with Crippen LogP contribution >= 0.6 is 11.6 Å². The van der Waals surface area contributed by atoms with Crippen LogP contribution in [-0.4, -0.2) is 4.21 Å². The second kappa shape index (κ2) is 3.90. The van der Waals surface area contributed by atoms with Gasteiger partial charge in [-0.2, -0.15) is 0 Å². The summed E-state index contributed by atoms with van der Waals surface area (Å²) < 4.78 is 15.1. The summed E-state index contributed by atoms with van der Waals surface area (Å²) in [5.41, 5.74) is 0. The third kappa shape index (κ3) is 3.05. The summed E-state index contributed by atoms with van der Waals surface area (Å²) in [6.45, 7) is 0. The Labute approximate surface area is 76.0 Å². The Bertz CT molecular complexity index is 297. The van der Waals surface area contributed by atoms with Gasteiger partial charge in [0.25, 0.3) is 0 Å². The maximum absolute atomic E-state index is 10.4. The van der Waals surface area contributed by atoms with Crippen LogP contribution in [0.15, 0.2) is 24.3 Å². The van der Waals surface area contributed by atoms with Crippen LogP contribution in [-0.2, 0) is 20.8 Å². The van der Waals surface area contributed by atoms with Gasteiger partial charge in [0.2, 0.25) is 0 Å². The molecule has 11 heavy (non-hydrogen) atoms. The summed E-state index contributed by atoms with van der Waals surface area (Å²) in [7, 11) is -2.00. The minimum atomic E-state index is -2.00. The Kier molecular flexibility index (Phi) is 3.11. The van der Waals surface area contributed by atoms with Crippen molar-refractivity contribution < 1.29 is 8.39 Å². The Morgan fingerprint density at radius 2 is 1.91 bits per heavy atom. The molecule has 0 spiro atoms. The lowest BCUT2D eigenvalue weighted by atomic mass is 10.3. The number of rotatable bonds is 2. The van der Waals surface area contributed by atoms with Crippen molar-refractivity contribution in [1.82, 2.24) is 0 Å². The van der Waals surface area contributed by atoms with Crippen molar-refractivity contribution in [1.29, 1.82) is 0 Å². The minimum absolute atomic E-state index is 0.477. The van der Waals surface area contributed by atoms with E-state index in [4.69, 9.17) is 15.8 Å². The van der Waals surface area contributed by atoms with E-state index in [1.165, 1.54) is 0 Å². The fourth-order valence-electron chi connectivity index (χ4n) is 0.582. The second-order valence-electron chi connectivity index (χ2n) is 1.77. The average Bonchev–Trinajstić information content (AvgIpc) is 1.93. The second-order valence-corrected chi connectivity index (χ2v) is 3.73. The molecule has 0 radical (unpaired) electrons. The highest BCUT2D eigenvalue weighted by Gasteiger charge is 1.91. The van der Waals surface area contributed by atoms with Crippen LogP contribution in [0, 0.1) is 0 Å². The quantitative estimate of drug-likeness (QED) is 0.748. The Morgan fingerprint density at radius 1 is 1.36 bits per heavy atom. The predicted octanol–water partition coefficient (Wildman–Crippen LogP) is 1.58. The largest absolute Gasteiger partial charge is 0.403 e. The highest BCUT2D eigenvalue weighted by Crippen LogP contribution is 2.15. The van der Waals surface area contributed by atoms with E-state index < -0.39 is 9.64 Å². The van der Waals surface area contributed by atoms with Crippen LogP contribution in [0.5, 0.6) is 5.75 Å². The molecule has 0 N–H and O–H groups in total. The van der Waals surface area contributed by atoms with Gasteiger partial charge in [-0.25, -0.2) is 4.21 Å². The van der Waals surface area contributed by atoms with Crippen molar-refractivity contribution >= 4 is 32.4 Å². The molecular weight excluding hydrogens is 204 g/mol. The average molecular weight is 209 g/mol. The molecule has 2 nitrogen and oxygen atoms in total. The molecule has 0 saturated carbocycles. The highest BCUT2D eigenvalue weighted by molar-refractivity contribution is 8.19. The lowest BCUT2D eigenvalue weighted by molar-refractivity contribution is 0.580. The maximum Gasteiger partial charge on any atom is 0.174 e. The van der Waals surface area contributed by atoms with E-state index in [2.05, 4.69) is 11.2 Å². The molecule has 0 fully saturated rings. The fraction of sp³-hybridized carbons (Fsp3) is 0. The number of hydrogen-bond acceptors (Lipinski definition) is 3. The summed E-state index contributed by atoms with van der Waals surface area (Å²) in [6, 6.07) is 6.51. The van der Waals surface area contributed by atoms with Crippen LogP contribution < -0.4 is 4.18 Å². The van der Waals surface area contributed by atoms with Crippen molar-refractivity contribution in [2.45, 2.75) is 0 Å². The molecule has 5 heteroatoms. The molecule has 0 aliphatic carbocycles. The van der Waals surface area contributed by atoms with Crippen LogP contribution in [0.1, 0.15) is 0 Å². The molecule has 1 aromatic rings. The van der Waals surface area contributed by atoms with Gasteiger partial charge in [0.05, 0.1) is 0 Å². The molecule has 1 atom stereocenters. The summed E-state index contributed by atoms with van der Waals surface area (Å²) in [5, 5.41) is 0.608. The predicted molar refractivity (Wildman–Crippen MR) is 49.0 cm³/mol. The Balaban J connectivity index is 2.82. The minimum Gasteiger partial charge on any atom is -0.403 e. The molecule has 0 aliphatic rings. The van der Waals surface area contributed by atoms with E-state index >= 15 is 0 Å². The fourth-order valence-corrected chi connectivity index (χ4v) is 1.26. The molecule has 0 heterocycles. The first-order chi connectivity index (χ1) is 5.18. The number of halogens is 1. The van der Waals surface area contributed by atoms with E-state index in [-0.39, 0.29) is 0 Å². The molecule has 1 aromatic carbocycles. The smallest absolute Gasteiger partial charge is 0.174 e.